The largest absolute Gasteiger partial charge is 0.384 e. The molecular formula is C13H11N5. The number of fused-ring (bicyclic) bond motifs is 2. The number of para-hydroxylation sites is 1. The Morgan fingerprint density at radius 3 is 3.11 bits per heavy atom. The van der Waals surface area contributed by atoms with Crippen molar-refractivity contribution in [1.29, 1.82) is 0 Å². The first-order valence-corrected chi connectivity index (χ1v) is 5.90. The molecule has 5 heteroatoms. The summed E-state index contributed by atoms with van der Waals surface area (Å²) in [7, 11) is 0. The summed E-state index contributed by atoms with van der Waals surface area (Å²) in [6.07, 6.45) is 3.28. The molecule has 3 aromatic rings. The van der Waals surface area contributed by atoms with Crippen LogP contribution in [-0.4, -0.2) is 26.5 Å². The Morgan fingerprint density at radius 1 is 1.22 bits per heavy atom. The van der Waals surface area contributed by atoms with Crippen molar-refractivity contribution in [3.63, 3.8) is 0 Å². The number of hydrogen-bond donors (Lipinski definition) is 2. The van der Waals surface area contributed by atoms with E-state index in [1.165, 1.54) is 17.6 Å². The maximum atomic E-state index is 4.55. The van der Waals surface area contributed by atoms with Crippen molar-refractivity contribution in [2.75, 3.05) is 11.9 Å². The quantitative estimate of drug-likeness (QED) is 0.678. The van der Waals surface area contributed by atoms with E-state index < -0.39 is 0 Å². The molecule has 4 rings (SSSR count). The summed E-state index contributed by atoms with van der Waals surface area (Å²) < 4.78 is 0. The standard InChI is InChI=1S/C13H11N5/c1-2-4-10-8(3-1)9(5-15-10)12-17-11-6-14-7-16-13(11)18-12/h1-4,6-7,9,15H,5H2,(H,14,16,17,18). The first kappa shape index (κ1) is 9.58. The number of nitrogens with zero attached hydrogens (tertiary/aromatic N) is 3. The Hall–Kier alpha value is -2.43. The Balaban J connectivity index is 1.85. The summed E-state index contributed by atoms with van der Waals surface area (Å²) in [5.41, 5.74) is 4.08. The van der Waals surface area contributed by atoms with E-state index in [9.17, 15) is 0 Å². The third kappa shape index (κ3) is 1.30. The number of aromatic nitrogens is 4. The summed E-state index contributed by atoms with van der Waals surface area (Å²) in [6.45, 7) is 0.868. The molecule has 1 unspecified atom stereocenters. The van der Waals surface area contributed by atoms with Crippen LogP contribution in [0, 0.1) is 0 Å². The SMILES string of the molecule is c1ccc2c(c1)NCC2c1nc2ncncc2[nH]1. The van der Waals surface area contributed by atoms with Gasteiger partial charge in [-0.15, -0.1) is 0 Å². The fourth-order valence-corrected chi connectivity index (χ4v) is 2.47. The summed E-state index contributed by atoms with van der Waals surface area (Å²) >= 11 is 0. The van der Waals surface area contributed by atoms with Gasteiger partial charge in [0.1, 0.15) is 17.7 Å². The van der Waals surface area contributed by atoms with Gasteiger partial charge in [0, 0.05) is 12.2 Å². The van der Waals surface area contributed by atoms with Crippen LogP contribution in [0.4, 0.5) is 5.69 Å². The highest BCUT2D eigenvalue weighted by molar-refractivity contribution is 5.70. The van der Waals surface area contributed by atoms with Crippen LogP contribution in [0.15, 0.2) is 36.8 Å². The molecule has 0 spiro atoms. The summed E-state index contributed by atoms with van der Waals surface area (Å²) in [4.78, 5) is 16.0. The second-order valence-corrected chi connectivity index (χ2v) is 4.40. The van der Waals surface area contributed by atoms with E-state index in [2.05, 4.69) is 43.5 Å². The van der Waals surface area contributed by atoms with Crippen molar-refractivity contribution in [3.8, 4) is 0 Å². The van der Waals surface area contributed by atoms with Crippen LogP contribution < -0.4 is 5.32 Å². The third-order valence-electron chi connectivity index (χ3n) is 3.34. The maximum Gasteiger partial charge on any atom is 0.180 e. The van der Waals surface area contributed by atoms with E-state index >= 15 is 0 Å². The van der Waals surface area contributed by atoms with E-state index in [1.807, 2.05) is 6.07 Å². The maximum absolute atomic E-state index is 4.55. The molecule has 5 nitrogen and oxygen atoms in total. The van der Waals surface area contributed by atoms with Crippen molar-refractivity contribution in [2.45, 2.75) is 5.92 Å². The van der Waals surface area contributed by atoms with Gasteiger partial charge in [-0.1, -0.05) is 18.2 Å². The molecule has 0 fully saturated rings. The van der Waals surface area contributed by atoms with E-state index in [0.29, 0.717) is 0 Å². The van der Waals surface area contributed by atoms with Gasteiger partial charge in [0.2, 0.25) is 0 Å². The van der Waals surface area contributed by atoms with Crippen LogP contribution >= 0.6 is 0 Å². The van der Waals surface area contributed by atoms with Crippen LogP contribution in [0.25, 0.3) is 11.2 Å². The highest BCUT2D eigenvalue weighted by Crippen LogP contribution is 2.34. The molecule has 1 aliphatic heterocycles. The average Bonchev–Trinajstić information content (AvgIpc) is 3.02. The van der Waals surface area contributed by atoms with Gasteiger partial charge in [-0.3, -0.25) is 0 Å². The average molecular weight is 237 g/mol. The molecule has 88 valence electrons. The minimum Gasteiger partial charge on any atom is -0.384 e. The van der Waals surface area contributed by atoms with Crippen LogP contribution in [0.5, 0.6) is 0 Å². The van der Waals surface area contributed by atoms with Gasteiger partial charge in [-0.2, -0.15) is 0 Å². The molecule has 2 aromatic heterocycles. The van der Waals surface area contributed by atoms with Crippen LogP contribution in [0.3, 0.4) is 0 Å². The van der Waals surface area contributed by atoms with Crippen molar-refractivity contribution in [1.82, 2.24) is 19.9 Å². The normalized spacial score (nSPS) is 17.7. The van der Waals surface area contributed by atoms with Crippen molar-refractivity contribution in [2.24, 2.45) is 0 Å². The predicted octanol–water partition coefficient (Wildman–Crippen LogP) is 1.91. The Kier molecular flexibility index (Phi) is 1.88. The van der Waals surface area contributed by atoms with Gasteiger partial charge >= 0.3 is 0 Å². The van der Waals surface area contributed by atoms with Gasteiger partial charge in [0.05, 0.1) is 12.1 Å². The lowest BCUT2D eigenvalue weighted by molar-refractivity contribution is 0.835. The van der Waals surface area contributed by atoms with Crippen molar-refractivity contribution >= 4 is 16.9 Å². The highest BCUT2D eigenvalue weighted by Gasteiger charge is 2.25. The number of rotatable bonds is 1. The zero-order chi connectivity index (χ0) is 11.9. The van der Waals surface area contributed by atoms with E-state index in [-0.39, 0.29) is 5.92 Å². The summed E-state index contributed by atoms with van der Waals surface area (Å²) in [6, 6.07) is 8.33. The van der Waals surface area contributed by atoms with Crippen LogP contribution in [0.2, 0.25) is 0 Å². The molecular weight excluding hydrogens is 226 g/mol. The monoisotopic (exact) mass is 237 g/mol. The Labute approximate surface area is 103 Å². The molecule has 0 radical (unpaired) electrons. The second-order valence-electron chi connectivity index (χ2n) is 4.40. The number of aromatic amines is 1. The third-order valence-corrected chi connectivity index (χ3v) is 3.34. The number of nitrogens with one attached hydrogen (secondary N) is 2. The summed E-state index contributed by atoms with van der Waals surface area (Å²) in [5.74, 6) is 1.21. The molecule has 1 aromatic carbocycles. The first-order valence-electron chi connectivity index (χ1n) is 5.90. The fraction of sp³-hybridized carbons (Fsp3) is 0.154. The van der Waals surface area contributed by atoms with Gasteiger partial charge in [-0.25, -0.2) is 15.0 Å². The molecule has 18 heavy (non-hydrogen) atoms. The first-order chi connectivity index (χ1) is 8.92. The minimum atomic E-state index is 0.260. The lowest BCUT2D eigenvalue weighted by Gasteiger charge is -2.05. The number of imidazole rings is 1. The molecule has 0 aliphatic carbocycles. The zero-order valence-electron chi connectivity index (χ0n) is 9.59. The topological polar surface area (TPSA) is 66.5 Å². The zero-order valence-corrected chi connectivity index (χ0v) is 9.59. The van der Waals surface area contributed by atoms with E-state index in [0.717, 1.165) is 23.5 Å². The van der Waals surface area contributed by atoms with E-state index in [4.69, 9.17) is 0 Å². The molecule has 0 saturated heterocycles. The molecule has 0 saturated carbocycles. The number of H-pyrrole nitrogens is 1. The van der Waals surface area contributed by atoms with Crippen molar-refractivity contribution in [3.05, 3.63) is 48.2 Å². The summed E-state index contributed by atoms with van der Waals surface area (Å²) in [5, 5.41) is 3.40. The highest BCUT2D eigenvalue weighted by atomic mass is 15.0. The molecule has 0 amide bonds. The molecule has 1 aliphatic rings. The molecule has 3 heterocycles. The smallest absolute Gasteiger partial charge is 0.180 e. The number of anilines is 1. The Morgan fingerprint density at radius 2 is 2.17 bits per heavy atom. The van der Waals surface area contributed by atoms with E-state index in [1.54, 1.807) is 6.20 Å². The second kappa shape index (κ2) is 3.53. The molecule has 0 bridgehead atoms. The molecule has 2 N–H and O–H groups in total. The minimum absolute atomic E-state index is 0.260. The van der Waals surface area contributed by atoms with Gasteiger partial charge in [0.25, 0.3) is 0 Å². The number of benzene rings is 1. The Bertz CT molecular complexity index is 685. The van der Waals surface area contributed by atoms with Crippen LogP contribution in [-0.2, 0) is 0 Å². The predicted molar refractivity (Wildman–Crippen MR) is 68.5 cm³/mol. The fourth-order valence-electron chi connectivity index (χ4n) is 2.47. The van der Waals surface area contributed by atoms with Crippen molar-refractivity contribution < 1.29 is 0 Å². The lowest BCUT2D eigenvalue weighted by atomic mass is 10.0. The van der Waals surface area contributed by atoms with Gasteiger partial charge in [0.15, 0.2) is 5.65 Å². The van der Waals surface area contributed by atoms with Gasteiger partial charge < -0.3 is 10.3 Å². The lowest BCUT2D eigenvalue weighted by Crippen LogP contribution is -2.05. The van der Waals surface area contributed by atoms with Gasteiger partial charge in [-0.05, 0) is 11.6 Å². The van der Waals surface area contributed by atoms with Crippen LogP contribution in [0.1, 0.15) is 17.3 Å². The number of hydrogen-bond acceptors (Lipinski definition) is 4. The molecule has 1 atom stereocenters.